The summed E-state index contributed by atoms with van der Waals surface area (Å²) in [6.07, 6.45) is 6.11. The van der Waals surface area contributed by atoms with Crippen molar-refractivity contribution in [3.8, 4) is 12.3 Å². The van der Waals surface area contributed by atoms with Gasteiger partial charge in [-0.25, -0.2) is 4.39 Å². The Morgan fingerprint density at radius 1 is 1.54 bits per heavy atom. The van der Waals surface area contributed by atoms with Crippen LogP contribution in [0.2, 0.25) is 5.02 Å². The molecular weight excluding hydrogens is 254 g/mol. The van der Waals surface area contributed by atoms with Gasteiger partial charge in [0.05, 0.1) is 5.02 Å². The zero-order chi connectivity index (χ0) is 9.84. The predicted molar refractivity (Wildman–Crippen MR) is 56.3 cm³/mol. The largest absolute Gasteiger partial charge is 0.205 e. The minimum Gasteiger partial charge on any atom is -0.205 e. The molecule has 0 aliphatic rings. The minimum atomic E-state index is -0.383. The molecule has 3 heteroatoms. The summed E-state index contributed by atoms with van der Waals surface area (Å²) in [5.74, 6) is 2.08. The number of hydrogen-bond acceptors (Lipinski definition) is 0. The van der Waals surface area contributed by atoms with Crippen molar-refractivity contribution in [2.75, 3.05) is 0 Å². The van der Waals surface area contributed by atoms with Crippen LogP contribution >= 0.6 is 27.5 Å². The molecular formula is C10H7BrClF. The summed E-state index contributed by atoms with van der Waals surface area (Å²) in [7, 11) is 0. The van der Waals surface area contributed by atoms with E-state index in [1.54, 1.807) is 6.07 Å². The van der Waals surface area contributed by atoms with Gasteiger partial charge in [0.1, 0.15) is 5.82 Å². The lowest BCUT2D eigenvalue weighted by atomic mass is 10.1. The number of rotatable bonds is 2. The first-order valence-corrected chi connectivity index (χ1v) is 4.89. The Bertz CT molecular complexity index is 355. The fraction of sp³-hybridized carbons (Fsp3) is 0.200. The van der Waals surface area contributed by atoms with E-state index in [0.29, 0.717) is 22.9 Å². The molecule has 0 saturated heterocycles. The van der Waals surface area contributed by atoms with Crippen LogP contribution in [0, 0.1) is 18.2 Å². The Morgan fingerprint density at radius 2 is 2.23 bits per heavy atom. The predicted octanol–water partition coefficient (Wildman–Crippen LogP) is 3.81. The minimum absolute atomic E-state index is 0.134. The van der Waals surface area contributed by atoms with Gasteiger partial charge in [0.15, 0.2) is 0 Å². The molecule has 0 spiro atoms. The van der Waals surface area contributed by atoms with Crippen molar-refractivity contribution < 1.29 is 4.39 Å². The maximum atomic E-state index is 13.4. The zero-order valence-corrected chi connectivity index (χ0v) is 9.12. The molecule has 0 radical (unpaired) electrons. The second-order valence-electron chi connectivity index (χ2n) is 2.53. The third kappa shape index (κ3) is 2.46. The molecule has 0 aliphatic carbocycles. The summed E-state index contributed by atoms with van der Waals surface area (Å²) in [6, 6.07) is 3.23. The molecule has 0 saturated carbocycles. The highest BCUT2D eigenvalue weighted by Crippen LogP contribution is 2.26. The van der Waals surface area contributed by atoms with Crippen molar-refractivity contribution in [1.82, 2.24) is 0 Å². The average molecular weight is 262 g/mol. The van der Waals surface area contributed by atoms with Crippen LogP contribution in [0.15, 0.2) is 16.6 Å². The van der Waals surface area contributed by atoms with Crippen molar-refractivity contribution >= 4 is 27.5 Å². The number of terminal acetylenes is 1. The molecule has 13 heavy (non-hydrogen) atoms. The van der Waals surface area contributed by atoms with E-state index < -0.39 is 0 Å². The quantitative estimate of drug-likeness (QED) is 0.561. The Kier molecular flexibility index (Phi) is 3.77. The van der Waals surface area contributed by atoms with Crippen molar-refractivity contribution in [3.05, 3.63) is 33.0 Å². The normalized spacial score (nSPS) is 9.69. The third-order valence-electron chi connectivity index (χ3n) is 1.66. The molecule has 1 rings (SSSR count). The summed E-state index contributed by atoms with van der Waals surface area (Å²) in [5, 5.41) is 0.134. The smallest absolute Gasteiger partial charge is 0.146 e. The Hall–Kier alpha value is -0.520. The molecule has 0 aliphatic heterocycles. The van der Waals surface area contributed by atoms with E-state index in [2.05, 4.69) is 21.9 Å². The van der Waals surface area contributed by atoms with Crippen LogP contribution in [-0.2, 0) is 6.42 Å². The lowest BCUT2D eigenvalue weighted by molar-refractivity contribution is 0.609. The van der Waals surface area contributed by atoms with Gasteiger partial charge < -0.3 is 0 Å². The standard InChI is InChI=1S/C10H7BrClF/c1-2-3-4-7-8(11)5-6-9(12)10(7)13/h1,5-6H,3-4H2. The highest BCUT2D eigenvalue weighted by atomic mass is 79.9. The van der Waals surface area contributed by atoms with Crippen LogP contribution in [0.25, 0.3) is 0 Å². The second kappa shape index (κ2) is 4.64. The van der Waals surface area contributed by atoms with Gasteiger partial charge in [0.2, 0.25) is 0 Å². The topological polar surface area (TPSA) is 0 Å². The van der Waals surface area contributed by atoms with Gasteiger partial charge in [-0.2, -0.15) is 0 Å². The van der Waals surface area contributed by atoms with Crippen LogP contribution in [0.1, 0.15) is 12.0 Å². The Labute approximate surface area is 90.2 Å². The van der Waals surface area contributed by atoms with E-state index in [4.69, 9.17) is 18.0 Å². The SMILES string of the molecule is C#CCCc1c(Br)ccc(Cl)c1F. The molecule has 68 valence electrons. The van der Waals surface area contributed by atoms with E-state index in [1.165, 1.54) is 6.07 Å². The first-order valence-electron chi connectivity index (χ1n) is 3.72. The molecule has 0 nitrogen and oxygen atoms in total. The molecule has 0 unspecified atom stereocenters. The number of benzene rings is 1. The lowest BCUT2D eigenvalue weighted by Crippen LogP contribution is -1.92. The second-order valence-corrected chi connectivity index (χ2v) is 3.79. The monoisotopic (exact) mass is 260 g/mol. The van der Waals surface area contributed by atoms with Gasteiger partial charge in [0.25, 0.3) is 0 Å². The van der Waals surface area contributed by atoms with Gasteiger partial charge in [0, 0.05) is 16.5 Å². The highest BCUT2D eigenvalue weighted by Gasteiger charge is 2.09. The van der Waals surface area contributed by atoms with E-state index in [1.807, 2.05) is 0 Å². The summed E-state index contributed by atoms with van der Waals surface area (Å²) in [6.45, 7) is 0. The fourth-order valence-electron chi connectivity index (χ4n) is 0.995. The average Bonchev–Trinajstić information content (AvgIpc) is 2.12. The van der Waals surface area contributed by atoms with Gasteiger partial charge in [-0.1, -0.05) is 27.5 Å². The van der Waals surface area contributed by atoms with Crippen molar-refractivity contribution in [3.63, 3.8) is 0 Å². The van der Waals surface area contributed by atoms with E-state index in [0.717, 1.165) is 0 Å². The maximum Gasteiger partial charge on any atom is 0.146 e. The lowest BCUT2D eigenvalue weighted by Gasteiger charge is -2.04. The fourth-order valence-corrected chi connectivity index (χ4v) is 1.68. The molecule has 0 atom stereocenters. The molecule has 0 N–H and O–H groups in total. The van der Waals surface area contributed by atoms with Gasteiger partial charge in [-0.3, -0.25) is 0 Å². The first-order chi connectivity index (χ1) is 6.16. The van der Waals surface area contributed by atoms with Crippen LogP contribution < -0.4 is 0 Å². The molecule has 1 aromatic rings. The Morgan fingerprint density at radius 3 is 2.85 bits per heavy atom. The molecule has 1 aromatic carbocycles. The van der Waals surface area contributed by atoms with E-state index >= 15 is 0 Å². The van der Waals surface area contributed by atoms with Crippen molar-refractivity contribution in [2.45, 2.75) is 12.8 Å². The highest BCUT2D eigenvalue weighted by molar-refractivity contribution is 9.10. The van der Waals surface area contributed by atoms with Crippen LogP contribution in [-0.4, -0.2) is 0 Å². The molecule has 0 bridgehead atoms. The number of hydrogen-bond donors (Lipinski definition) is 0. The summed E-state index contributed by atoms with van der Waals surface area (Å²) >= 11 is 8.86. The van der Waals surface area contributed by atoms with E-state index in [9.17, 15) is 4.39 Å². The molecule has 0 amide bonds. The van der Waals surface area contributed by atoms with E-state index in [-0.39, 0.29) is 10.8 Å². The van der Waals surface area contributed by atoms with Crippen LogP contribution in [0.3, 0.4) is 0 Å². The molecule has 0 fully saturated rings. The van der Waals surface area contributed by atoms with Gasteiger partial charge in [-0.05, 0) is 18.6 Å². The third-order valence-corrected chi connectivity index (χ3v) is 2.69. The summed E-state index contributed by atoms with van der Waals surface area (Å²) in [5.41, 5.74) is 0.547. The van der Waals surface area contributed by atoms with Crippen molar-refractivity contribution in [2.24, 2.45) is 0 Å². The van der Waals surface area contributed by atoms with Crippen molar-refractivity contribution in [1.29, 1.82) is 0 Å². The van der Waals surface area contributed by atoms with Gasteiger partial charge >= 0.3 is 0 Å². The summed E-state index contributed by atoms with van der Waals surface area (Å²) in [4.78, 5) is 0. The molecule has 0 heterocycles. The Balaban J connectivity index is 3.04. The maximum absolute atomic E-state index is 13.4. The zero-order valence-electron chi connectivity index (χ0n) is 6.78. The van der Waals surface area contributed by atoms with Crippen LogP contribution in [0.5, 0.6) is 0 Å². The summed E-state index contributed by atoms with van der Waals surface area (Å²) < 4.78 is 14.1. The first kappa shape index (κ1) is 10.6. The molecule has 0 aromatic heterocycles. The number of halogens is 3. The van der Waals surface area contributed by atoms with Crippen LogP contribution in [0.4, 0.5) is 4.39 Å². The van der Waals surface area contributed by atoms with Gasteiger partial charge in [-0.15, -0.1) is 12.3 Å².